The van der Waals surface area contributed by atoms with E-state index in [0.29, 0.717) is 12.2 Å². The summed E-state index contributed by atoms with van der Waals surface area (Å²) in [5, 5.41) is 8.15. The Hall–Kier alpha value is -2.27. The second-order valence-electron chi connectivity index (χ2n) is 4.68. The van der Waals surface area contributed by atoms with Crippen LogP contribution in [0.1, 0.15) is 11.4 Å². The van der Waals surface area contributed by atoms with E-state index in [4.69, 9.17) is 11.6 Å². The van der Waals surface area contributed by atoms with Gasteiger partial charge in [0.25, 0.3) is 0 Å². The molecular weight excluding hydrogens is 291 g/mol. The van der Waals surface area contributed by atoms with Crippen LogP contribution in [-0.4, -0.2) is 19.7 Å². The average Bonchev–Trinajstić information content (AvgIpc) is 2.88. The van der Waals surface area contributed by atoms with E-state index >= 15 is 0 Å². The molecule has 0 fully saturated rings. The van der Waals surface area contributed by atoms with E-state index in [0.717, 1.165) is 17.0 Å². The number of aryl methyl sites for hydroxylation is 1. The van der Waals surface area contributed by atoms with E-state index in [9.17, 15) is 4.39 Å². The van der Waals surface area contributed by atoms with Gasteiger partial charge in [-0.3, -0.25) is 0 Å². The van der Waals surface area contributed by atoms with Crippen LogP contribution >= 0.6 is 11.6 Å². The summed E-state index contributed by atoms with van der Waals surface area (Å²) in [6.07, 6.45) is 5.36. The zero-order valence-electron chi connectivity index (χ0n) is 11.3. The minimum absolute atomic E-state index is 0.0742. The van der Waals surface area contributed by atoms with Gasteiger partial charge in [0.2, 0.25) is 0 Å². The van der Waals surface area contributed by atoms with Crippen LogP contribution in [0.2, 0.25) is 5.02 Å². The number of halogens is 2. The zero-order valence-corrected chi connectivity index (χ0v) is 12.0. The Labute approximate surface area is 126 Å². The van der Waals surface area contributed by atoms with E-state index < -0.39 is 5.82 Å². The number of hydrogen-bond acceptors (Lipinski definition) is 3. The van der Waals surface area contributed by atoms with Crippen molar-refractivity contribution >= 4 is 11.6 Å². The summed E-state index contributed by atoms with van der Waals surface area (Å²) in [4.78, 5) is 4.18. The van der Waals surface area contributed by atoms with Crippen molar-refractivity contribution in [1.29, 1.82) is 0 Å². The number of imidazole rings is 1. The summed E-state index contributed by atoms with van der Waals surface area (Å²) in [7, 11) is 0. The van der Waals surface area contributed by atoms with Crippen molar-refractivity contribution in [2.24, 2.45) is 0 Å². The second kappa shape index (κ2) is 5.61. The summed E-state index contributed by atoms with van der Waals surface area (Å²) >= 11 is 5.80. The first-order valence-corrected chi connectivity index (χ1v) is 6.76. The summed E-state index contributed by atoms with van der Waals surface area (Å²) in [5.74, 6) is 0.483. The number of hydrogen-bond donors (Lipinski definition) is 0. The first-order valence-electron chi connectivity index (χ1n) is 6.38. The summed E-state index contributed by atoms with van der Waals surface area (Å²) in [6, 6.07) is 6.42. The first-order chi connectivity index (χ1) is 10.1. The van der Waals surface area contributed by atoms with Gasteiger partial charge < -0.3 is 4.57 Å². The Morgan fingerprint density at radius 2 is 2.14 bits per heavy atom. The van der Waals surface area contributed by atoms with Crippen LogP contribution in [0, 0.1) is 12.7 Å². The van der Waals surface area contributed by atoms with Gasteiger partial charge in [-0.15, -0.1) is 0 Å². The number of aromatic nitrogens is 4. The molecule has 0 aliphatic rings. The van der Waals surface area contributed by atoms with E-state index in [1.54, 1.807) is 24.5 Å². The maximum atomic E-state index is 13.2. The molecule has 0 aliphatic carbocycles. The quantitative estimate of drug-likeness (QED) is 0.744. The Morgan fingerprint density at radius 1 is 1.29 bits per heavy atom. The molecular formula is C15H12ClFN4. The van der Waals surface area contributed by atoms with Crippen molar-refractivity contribution in [3.05, 3.63) is 65.1 Å². The molecule has 0 spiro atoms. The summed E-state index contributed by atoms with van der Waals surface area (Å²) in [6.45, 7) is 2.60. The van der Waals surface area contributed by atoms with Crippen LogP contribution in [0.25, 0.3) is 11.3 Å². The Bertz CT molecular complexity index is 785. The molecule has 4 nitrogen and oxygen atoms in total. The normalized spacial score (nSPS) is 10.8. The molecule has 106 valence electrons. The molecule has 0 amide bonds. The van der Waals surface area contributed by atoms with Gasteiger partial charge in [0.05, 0.1) is 23.5 Å². The third-order valence-electron chi connectivity index (χ3n) is 3.20. The van der Waals surface area contributed by atoms with E-state index in [-0.39, 0.29) is 5.02 Å². The molecule has 3 rings (SSSR count). The van der Waals surface area contributed by atoms with Gasteiger partial charge in [-0.05, 0) is 36.8 Å². The molecule has 0 radical (unpaired) electrons. The largest absolute Gasteiger partial charge is 0.331 e. The topological polar surface area (TPSA) is 43.6 Å². The molecule has 0 atom stereocenters. The van der Waals surface area contributed by atoms with Crippen molar-refractivity contribution < 1.29 is 4.39 Å². The lowest BCUT2D eigenvalue weighted by molar-refractivity contribution is 0.628. The molecule has 0 aliphatic heterocycles. The highest BCUT2D eigenvalue weighted by molar-refractivity contribution is 6.31. The third-order valence-corrected chi connectivity index (χ3v) is 3.49. The highest BCUT2D eigenvalue weighted by atomic mass is 35.5. The fourth-order valence-corrected chi connectivity index (χ4v) is 2.24. The average molecular weight is 303 g/mol. The van der Waals surface area contributed by atoms with Crippen molar-refractivity contribution in [3.8, 4) is 11.3 Å². The predicted molar refractivity (Wildman–Crippen MR) is 78.5 cm³/mol. The minimum atomic E-state index is -0.446. The maximum absolute atomic E-state index is 13.2. The van der Waals surface area contributed by atoms with Gasteiger partial charge in [0, 0.05) is 18.0 Å². The van der Waals surface area contributed by atoms with E-state index in [1.165, 1.54) is 6.07 Å². The molecule has 0 bridgehead atoms. The van der Waals surface area contributed by atoms with E-state index in [1.807, 2.05) is 23.8 Å². The summed E-state index contributed by atoms with van der Waals surface area (Å²) in [5.41, 5.74) is 2.38. The van der Waals surface area contributed by atoms with Crippen LogP contribution < -0.4 is 0 Å². The monoisotopic (exact) mass is 302 g/mol. The van der Waals surface area contributed by atoms with Crippen molar-refractivity contribution in [2.45, 2.75) is 13.5 Å². The maximum Gasteiger partial charge on any atom is 0.141 e. The predicted octanol–water partition coefficient (Wildman–Crippen LogP) is 3.49. The molecule has 6 heteroatoms. The highest BCUT2D eigenvalue weighted by Gasteiger charge is 2.07. The molecule has 2 heterocycles. The molecule has 0 saturated heterocycles. The SMILES string of the molecule is Cc1nccn1Cc1cnnc(-c2ccc(F)c(Cl)c2)c1. The fourth-order valence-electron chi connectivity index (χ4n) is 2.06. The molecule has 0 N–H and O–H groups in total. The van der Waals surface area contributed by atoms with Gasteiger partial charge in [-0.25, -0.2) is 9.37 Å². The Morgan fingerprint density at radius 3 is 2.86 bits per heavy atom. The molecule has 21 heavy (non-hydrogen) atoms. The number of nitrogens with zero attached hydrogens (tertiary/aromatic N) is 4. The second-order valence-corrected chi connectivity index (χ2v) is 5.09. The Balaban J connectivity index is 1.92. The number of benzene rings is 1. The lowest BCUT2D eigenvalue weighted by Crippen LogP contribution is -2.02. The summed E-state index contributed by atoms with van der Waals surface area (Å²) < 4.78 is 15.2. The molecule has 2 aromatic heterocycles. The third kappa shape index (κ3) is 2.92. The molecule has 1 aromatic carbocycles. The smallest absolute Gasteiger partial charge is 0.141 e. The zero-order chi connectivity index (χ0) is 14.8. The number of rotatable bonds is 3. The van der Waals surface area contributed by atoms with Crippen LogP contribution in [0.15, 0.2) is 42.9 Å². The van der Waals surface area contributed by atoms with Gasteiger partial charge in [0.15, 0.2) is 0 Å². The van der Waals surface area contributed by atoms with Crippen LogP contribution in [0.5, 0.6) is 0 Å². The lowest BCUT2D eigenvalue weighted by Gasteiger charge is -2.07. The van der Waals surface area contributed by atoms with Crippen LogP contribution in [0.4, 0.5) is 4.39 Å². The molecule has 0 unspecified atom stereocenters. The Kier molecular flexibility index (Phi) is 3.66. The molecule has 0 saturated carbocycles. The lowest BCUT2D eigenvalue weighted by atomic mass is 10.1. The van der Waals surface area contributed by atoms with Gasteiger partial charge in [-0.2, -0.15) is 10.2 Å². The van der Waals surface area contributed by atoms with Crippen molar-refractivity contribution in [3.63, 3.8) is 0 Å². The first kappa shape index (κ1) is 13.7. The van der Waals surface area contributed by atoms with Gasteiger partial charge in [-0.1, -0.05) is 11.6 Å². The van der Waals surface area contributed by atoms with Gasteiger partial charge in [0.1, 0.15) is 11.6 Å². The van der Waals surface area contributed by atoms with Crippen molar-refractivity contribution in [2.75, 3.05) is 0 Å². The minimum Gasteiger partial charge on any atom is -0.331 e. The van der Waals surface area contributed by atoms with Crippen LogP contribution in [-0.2, 0) is 6.54 Å². The standard InChI is InChI=1S/C15H12ClFN4/c1-10-18-4-5-21(10)9-11-6-15(20-19-8-11)12-2-3-14(17)13(16)7-12/h2-8H,9H2,1H3. The van der Waals surface area contributed by atoms with Crippen LogP contribution in [0.3, 0.4) is 0 Å². The highest BCUT2D eigenvalue weighted by Crippen LogP contribution is 2.23. The molecule has 3 aromatic rings. The fraction of sp³-hybridized carbons (Fsp3) is 0.133. The van der Waals surface area contributed by atoms with Gasteiger partial charge >= 0.3 is 0 Å². The van der Waals surface area contributed by atoms with Crippen molar-refractivity contribution in [1.82, 2.24) is 19.7 Å². The van der Waals surface area contributed by atoms with E-state index in [2.05, 4.69) is 15.2 Å².